The number of hydrogen-bond donors (Lipinski definition) is 0. The van der Waals surface area contributed by atoms with Gasteiger partial charge in [-0.3, -0.25) is 9.10 Å². The highest BCUT2D eigenvalue weighted by molar-refractivity contribution is 7.92. The van der Waals surface area contributed by atoms with Crippen LogP contribution in [-0.2, 0) is 19.6 Å². The van der Waals surface area contributed by atoms with Crippen LogP contribution in [0.1, 0.15) is 19.4 Å². The lowest BCUT2D eigenvalue weighted by atomic mass is 10.2. The van der Waals surface area contributed by atoms with Crippen LogP contribution in [0.4, 0.5) is 10.5 Å². The molecular weight excluding hydrogens is 458 g/mol. The predicted molar refractivity (Wildman–Crippen MR) is 128 cm³/mol. The quantitative estimate of drug-likeness (QED) is 0.566. The van der Waals surface area contributed by atoms with Gasteiger partial charge in [0.25, 0.3) is 10.0 Å². The third-order valence-electron chi connectivity index (χ3n) is 5.48. The first-order valence-corrected chi connectivity index (χ1v) is 12.7. The van der Waals surface area contributed by atoms with E-state index in [1.165, 1.54) is 12.1 Å². The molecule has 0 spiro atoms. The Morgan fingerprint density at radius 2 is 1.53 bits per heavy atom. The lowest BCUT2D eigenvalue weighted by molar-refractivity contribution is -0.131. The van der Waals surface area contributed by atoms with Crippen molar-refractivity contribution in [2.45, 2.75) is 25.7 Å². The van der Waals surface area contributed by atoms with Gasteiger partial charge in [0.05, 0.1) is 23.8 Å². The molecule has 0 bridgehead atoms. The second-order valence-corrected chi connectivity index (χ2v) is 9.65. The second kappa shape index (κ2) is 11.2. The molecule has 0 aromatic heterocycles. The van der Waals surface area contributed by atoms with Crippen molar-refractivity contribution in [1.29, 1.82) is 0 Å². The number of piperazine rings is 1. The third-order valence-corrected chi connectivity index (χ3v) is 7.25. The molecule has 0 atom stereocenters. The van der Waals surface area contributed by atoms with Crippen LogP contribution in [0.5, 0.6) is 5.75 Å². The molecule has 1 saturated heterocycles. The molecule has 184 valence electrons. The number of sulfonamides is 1. The van der Waals surface area contributed by atoms with Crippen LogP contribution in [0.15, 0.2) is 53.4 Å². The molecule has 1 aliphatic rings. The van der Waals surface area contributed by atoms with Crippen molar-refractivity contribution >= 4 is 27.7 Å². The van der Waals surface area contributed by atoms with E-state index in [4.69, 9.17) is 9.47 Å². The minimum atomic E-state index is -4.06. The van der Waals surface area contributed by atoms with E-state index >= 15 is 0 Å². The lowest BCUT2D eigenvalue weighted by Gasteiger charge is -2.35. The molecule has 2 aromatic rings. The molecular formula is C24H31N3O6S. The van der Waals surface area contributed by atoms with Crippen molar-refractivity contribution in [3.05, 3.63) is 54.1 Å². The Balaban J connectivity index is 1.87. The van der Waals surface area contributed by atoms with Crippen molar-refractivity contribution < 1.29 is 27.5 Å². The van der Waals surface area contributed by atoms with Gasteiger partial charge in [-0.05, 0) is 45.0 Å². The van der Waals surface area contributed by atoms with E-state index in [2.05, 4.69) is 0 Å². The van der Waals surface area contributed by atoms with Crippen molar-refractivity contribution in [3.8, 4) is 5.75 Å². The SMILES string of the molecule is CCOC(=O)N1CCN(C(=O)CN(c2ccccc2OCC)S(=O)(=O)c2ccc(C)cc2)CC1. The van der Waals surface area contributed by atoms with E-state index in [9.17, 15) is 18.0 Å². The molecule has 2 amide bonds. The van der Waals surface area contributed by atoms with Gasteiger partial charge in [0.2, 0.25) is 5.91 Å². The summed E-state index contributed by atoms with van der Waals surface area (Å²) in [4.78, 5) is 28.4. The summed E-state index contributed by atoms with van der Waals surface area (Å²) in [5, 5.41) is 0. The van der Waals surface area contributed by atoms with Crippen molar-refractivity contribution in [2.24, 2.45) is 0 Å². The van der Waals surface area contributed by atoms with E-state index in [0.29, 0.717) is 44.2 Å². The predicted octanol–water partition coefficient (Wildman–Crippen LogP) is 2.89. The van der Waals surface area contributed by atoms with E-state index in [1.807, 2.05) is 13.8 Å². The standard InChI is InChI=1S/C24H31N3O6S/c1-4-32-22-9-7-6-8-21(22)27(34(30,31)20-12-10-19(3)11-13-20)18-23(28)25-14-16-26(17-15-25)24(29)33-5-2/h6-13H,4-5,14-18H2,1-3H3. The van der Waals surface area contributed by atoms with E-state index in [0.717, 1.165) is 9.87 Å². The van der Waals surface area contributed by atoms with Gasteiger partial charge in [-0.2, -0.15) is 0 Å². The first-order chi connectivity index (χ1) is 16.3. The topological polar surface area (TPSA) is 96.5 Å². The number of benzene rings is 2. The monoisotopic (exact) mass is 489 g/mol. The fraction of sp³-hybridized carbons (Fsp3) is 0.417. The number of hydrogen-bond acceptors (Lipinski definition) is 6. The zero-order valence-electron chi connectivity index (χ0n) is 19.8. The Hall–Kier alpha value is -3.27. The van der Waals surface area contributed by atoms with Gasteiger partial charge in [0, 0.05) is 26.2 Å². The summed E-state index contributed by atoms with van der Waals surface area (Å²) < 4.78 is 39.1. The average molecular weight is 490 g/mol. The van der Waals surface area contributed by atoms with Crippen LogP contribution in [-0.4, -0.2) is 76.2 Å². The maximum Gasteiger partial charge on any atom is 0.409 e. The molecule has 0 saturated carbocycles. The molecule has 3 rings (SSSR count). The van der Waals surface area contributed by atoms with Gasteiger partial charge in [0.1, 0.15) is 12.3 Å². The van der Waals surface area contributed by atoms with Crippen LogP contribution in [0.25, 0.3) is 0 Å². The third kappa shape index (κ3) is 5.80. The number of aryl methyl sites for hydroxylation is 1. The Morgan fingerprint density at radius 3 is 2.15 bits per heavy atom. The highest BCUT2D eigenvalue weighted by Crippen LogP contribution is 2.32. The van der Waals surface area contributed by atoms with E-state index in [1.54, 1.807) is 53.1 Å². The second-order valence-electron chi connectivity index (χ2n) is 7.79. The first-order valence-electron chi connectivity index (χ1n) is 11.3. The van der Waals surface area contributed by atoms with Crippen LogP contribution in [0.2, 0.25) is 0 Å². The highest BCUT2D eigenvalue weighted by Gasteiger charge is 2.32. The number of para-hydroxylation sites is 2. The van der Waals surface area contributed by atoms with Crippen LogP contribution >= 0.6 is 0 Å². The Kier molecular flexibility index (Phi) is 8.38. The summed E-state index contributed by atoms with van der Waals surface area (Å²) in [5.41, 5.74) is 1.22. The van der Waals surface area contributed by atoms with Crippen LogP contribution in [0, 0.1) is 6.92 Å². The van der Waals surface area contributed by atoms with E-state index < -0.39 is 16.1 Å². The zero-order valence-corrected chi connectivity index (χ0v) is 20.6. The minimum absolute atomic E-state index is 0.0873. The lowest BCUT2D eigenvalue weighted by Crippen LogP contribution is -2.53. The number of carbonyl (C=O) groups excluding carboxylic acids is 2. The van der Waals surface area contributed by atoms with Crippen LogP contribution in [0.3, 0.4) is 0 Å². The maximum absolute atomic E-state index is 13.7. The number of ether oxygens (including phenoxy) is 2. The number of nitrogens with zero attached hydrogens (tertiary/aromatic N) is 3. The van der Waals surface area contributed by atoms with Crippen LogP contribution < -0.4 is 9.04 Å². The summed E-state index contributed by atoms with van der Waals surface area (Å²) in [6.45, 7) is 6.90. The molecule has 0 radical (unpaired) electrons. The molecule has 1 fully saturated rings. The Labute approximate surface area is 200 Å². The van der Waals surface area contributed by atoms with Gasteiger partial charge < -0.3 is 19.3 Å². The minimum Gasteiger partial charge on any atom is -0.492 e. The number of rotatable bonds is 8. The van der Waals surface area contributed by atoms with Gasteiger partial charge in [-0.1, -0.05) is 29.8 Å². The van der Waals surface area contributed by atoms with Crippen molar-refractivity contribution in [2.75, 3.05) is 50.2 Å². The van der Waals surface area contributed by atoms with Crippen molar-refractivity contribution in [3.63, 3.8) is 0 Å². The number of anilines is 1. The van der Waals surface area contributed by atoms with E-state index in [-0.39, 0.29) is 24.0 Å². The zero-order chi connectivity index (χ0) is 24.7. The summed E-state index contributed by atoms with van der Waals surface area (Å²) in [6, 6.07) is 13.3. The molecule has 0 aliphatic carbocycles. The Morgan fingerprint density at radius 1 is 0.912 bits per heavy atom. The largest absolute Gasteiger partial charge is 0.492 e. The fourth-order valence-corrected chi connectivity index (χ4v) is 5.08. The van der Waals surface area contributed by atoms with Gasteiger partial charge in [0.15, 0.2) is 0 Å². The molecule has 0 N–H and O–H groups in total. The van der Waals surface area contributed by atoms with Gasteiger partial charge in [-0.25, -0.2) is 13.2 Å². The summed E-state index contributed by atoms with van der Waals surface area (Å²) in [6.07, 6.45) is -0.413. The summed E-state index contributed by atoms with van der Waals surface area (Å²) in [5.74, 6) is 0.0196. The highest BCUT2D eigenvalue weighted by atomic mass is 32.2. The summed E-state index contributed by atoms with van der Waals surface area (Å²) >= 11 is 0. The molecule has 1 heterocycles. The molecule has 1 aliphatic heterocycles. The number of carbonyl (C=O) groups is 2. The normalized spacial score (nSPS) is 14.0. The molecule has 10 heteroatoms. The summed E-state index contributed by atoms with van der Waals surface area (Å²) in [7, 11) is -4.06. The Bertz CT molecular complexity index is 1100. The smallest absolute Gasteiger partial charge is 0.409 e. The molecule has 2 aromatic carbocycles. The fourth-order valence-electron chi connectivity index (χ4n) is 3.65. The molecule has 9 nitrogen and oxygen atoms in total. The van der Waals surface area contributed by atoms with Gasteiger partial charge in [-0.15, -0.1) is 0 Å². The van der Waals surface area contributed by atoms with Gasteiger partial charge >= 0.3 is 6.09 Å². The molecule has 0 unspecified atom stereocenters. The first kappa shape index (κ1) is 25.4. The number of amides is 2. The maximum atomic E-state index is 13.7. The molecule has 34 heavy (non-hydrogen) atoms. The van der Waals surface area contributed by atoms with Crippen molar-refractivity contribution in [1.82, 2.24) is 9.80 Å². The average Bonchev–Trinajstić information content (AvgIpc) is 2.83.